The van der Waals surface area contributed by atoms with E-state index in [0.717, 1.165) is 54.5 Å². The first-order chi connectivity index (χ1) is 22.1. The Bertz CT molecular complexity index is 2440. The lowest BCUT2D eigenvalue weighted by Crippen LogP contribution is -2.31. The molecule has 0 bridgehead atoms. The summed E-state index contributed by atoms with van der Waals surface area (Å²) in [4.78, 5) is 18.6. The van der Waals surface area contributed by atoms with Crippen LogP contribution in [0.5, 0.6) is 0 Å². The fourth-order valence-corrected chi connectivity index (χ4v) is 7.01. The number of benzene rings is 6. The summed E-state index contributed by atoms with van der Waals surface area (Å²) < 4.78 is 0. The van der Waals surface area contributed by atoms with Crippen molar-refractivity contribution >= 4 is 83.1 Å². The molecule has 1 unspecified atom stereocenters. The normalized spacial score (nSPS) is 14.4. The van der Waals surface area contributed by atoms with Gasteiger partial charge in [-0.2, -0.15) is 5.26 Å². The quantitative estimate of drug-likeness (QED) is 0.0921. The van der Waals surface area contributed by atoms with Crippen LogP contribution in [-0.2, 0) is 4.79 Å². The van der Waals surface area contributed by atoms with Crippen molar-refractivity contribution in [2.45, 2.75) is 5.92 Å². The molecule has 0 saturated carbocycles. The van der Waals surface area contributed by atoms with Crippen molar-refractivity contribution in [3.8, 4) is 6.07 Å². The third-order valence-electron chi connectivity index (χ3n) is 9.13. The van der Waals surface area contributed by atoms with Crippen molar-refractivity contribution in [2.75, 3.05) is 49.5 Å². The molecule has 7 nitrogen and oxygen atoms in total. The molecule has 7 rings (SSSR count). The Hall–Kier alpha value is -6.09. The van der Waals surface area contributed by atoms with Crippen LogP contribution in [0, 0.1) is 11.3 Å². The number of nitrogens with zero attached hydrogens (tertiary/aromatic N) is 4. The van der Waals surface area contributed by atoms with Crippen LogP contribution in [0.2, 0.25) is 0 Å². The number of ketones is 1. The fourth-order valence-electron chi connectivity index (χ4n) is 7.01. The van der Waals surface area contributed by atoms with Crippen molar-refractivity contribution in [2.24, 2.45) is 0 Å². The van der Waals surface area contributed by atoms with E-state index in [-0.39, 0.29) is 16.9 Å². The average molecular weight is 600 g/mol. The summed E-state index contributed by atoms with van der Waals surface area (Å²) in [7, 11) is 7.80. The third-order valence-corrected chi connectivity index (χ3v) is 9.13. The van der Waals surface area contributed by atoms with Gasteiger partial charge in [0, 0.05) is 78.4 Å². The number of hydrogen-bond acceptors (Lipinski definition) is 6. The van der Waals surface area contributed by atoms with E-state index in [1.165, 1.54) is 0 Å². The minimum absolute atomic E-state index is 0.130. The van der Waals surface area contributed by atoms with Gasteiger partial charge in [0.1, 0.15) is 6.07 Å². The number of nitriles is 1. The first-order valence-electron chi connectivity index (χ1n) is 14.9. The lowest BCUT2D eigenvalue weighted by molar-refractivity contribution is -0.115. The van der Waals surface area contributed by atoms with Crippen molar-refractivity contribution in [3.05, 3.63) is 113 Å². The number of hydrogen-bond donors (Lipinski definition) is 2. The van der Waals surface area contributed by atoms with Crippen LogP contribution in [0.25, 0.3) is 54.1 Å². The van der Waals surface area contributed by atoms with Crippen LogP contribution in [-0.4, -0.2) is 39.8 Å². The standard InChI is InChI=1S/C39H31N6O/c1-44(2)32-17-30(42)35(28-15-23-11-7-5-9-21(23)13-26(28)32)37-34(25(19-40)20-41)38(39(37)46)36-29-16-24-12-8-6-10-22(24)14-27(29)33(45(3)4)18-31(36)43/h5-18,37H,42-43H2,1-4H3/q-1. The maximum atomic E-state index is 14.6. The van der Waals surface area contributed by atoms with Crippen molar-refractivity contribution in [1.29, 1.82) is 5.26 Å². The number of Topliss-reactive ketones (excluding diaryl/α,β-unsaturated/α-hetero) is 1. The van der Waals surface area contributed by atoms with Crippen LogP contribution in [0.3, 0.4) is 0 Å². The minimum Gasteiger partial charge on any atom is -0.762 e. The second-order valence-electron chi connectivity index (χ2n) is 12.2. The van der Waals surface area contributed by atoms with Gasteiger partial charge in [0.2, 0.25) is 0 Å². The highest BCUT2D eigenvalue weighted by Gasteiger charge is 2.45. The highest BCUT2D eigenvalue weighted by atomic mass is 16.1. The van der Waals surface area contributed by atoms with Gasteiger partial charge < -0.3 is 26.7 Å². The molecule has 1 aliphatic rings. The van der Waals surface area contributed by atoms with E-state index < -0.39 is 5.92 Å². The molecule has 1 aliphatic carbocycles. The number of carbonyl (C=O) groups excluding carboxylic acids is 1. The summed E-state index contributed by atoms with van der Waals surface area (Å²) in [6, 6.07) is 30.1. The summed E-state index contributed by atoms with van der Waals surface area (Å²) in [5.41, 5.74) is 17.9. The number of rotatable bonds is 5. The highest BCUT2D eigenvalue weighted by molar-refractivity contribution is 6.38. The number of anilines is 4. The van der Waals surface area contributed by atoms with Gasteiger partial charge >= 0.3 is 0 Å². The number of nitrogens with two attached hydrogens (primary N) is 2. The van der Waals surface area contributed by atoms with Crippen molar-refractivity contribution in [3.63, 3.8) is 0 Å². The highest BCUT2D eigenvalue weighted by Crippen LogP contribution is 2.54. The van der Waals surface area contributed by atoms with Gasteiger partial charge in [-0.25, -0.2) is 0 Å². The summed E-state index contributed by atoms with van der Waals surface area (Å²) >= 11 is 0. The Kier molecular flexibility index (Phi) is 6.56. The van der Waals surface area contributed by atoms with Crippen LogP contribution in [0.15, 0.2) is 96.1 Å². The van der Waals surface area contributed by atoms with Crippen molar-refractivity contribution in [1.82, 2.24) is 0 Å². The molecule has 0 aliphatic heterocycles. The fraction of sp³-hybridized carbons (Fsp3) is 0.128. The zero-order valence-corrected chi connectivity index (χ0v) is 26.0. The molecule has 7 heteroatoms. The van der Waals surface area contributed by atoms with Crippen molar-refractivity contribution < 1.29 is 4.79 Å². The van der Waals surface area contributed by atoms with Crippen LogP contribution >= 0.6 is 0 Å². The molecule has 4 N–H and O–H groups in total. The molecule has 0 amide bonds. The molecule has 0 radical (unpaired) electrons. The lowest BCUT2D eigenvalue weighted by atomic mass is 9.65. The third kappa shape index (κ3) is 4.12. The maximum Gasteiger partial charge on any atom is 0.175 e. The molecule has 0 saturated heterocycles. The Morgan fingerprint density at radius 1 is 0.717 bits per heavy atom. The van der Waals surface area contributed by atoms with Gasteiger partial charge in [0.15, 0.2) is 5.78 Å². The molecular weight excluding hydrogens is 568 g/mol. The summed E-state index contributed by atoms with van der Waals surface area (Å²) in [6.07, 6.45) is 0. The first kappa shape index (κ1) is 28.7. The van der Waals surface area contributed by atoms with Gasteiger partial charge in [-0.1, -0.05) is 48.5 Å². The van der Waals surface area contributed by atoms with E-state index in [1.807, 2.05) is 105 Å². The second kappa shape index (κ2) is 10.5. The smallest absolute Gasteiger partial charge is 0.175 e. The number of nitrogen functional groups attached to an aromatic ring is 2. The van der Waals surface area contributed by atoms with Gasteiger partial charge in [0.05, 0.1) is 11.5 Å². The predicted molar refractivity (Wildman–Crippen MR) is 193 cm³/mol. The molecule has 0 aromatic heterocycles. The number of allylic oxidation sites excluding steroid dienone is 3. The molecule has 0 heterocycles. The molecule has 6 aromatic rings. The zero-order chi connectivity index (χ0) is 32.4. The Morgan fingerprint density at radius 3 is 1.65 bits per heavy atom. The topological polar surface area (TPSA) is 122 Å². The van der Waals surface area contributed by atoms with E-state index >= 15 is 0 Å². The van der Waals surface area contributed by atoms with Crippen LogP contribution < -0.4 is 21.3 Å². The molecule has 46 heavy (non-hydrogen) atoms. The Balaban J connectivity index is 1.59. The minimum atomic E-state index is -0.910. The van der Waals surface area contributed by atoms with Gasteiger partial charge in [-0.15, -0.1) is 0 Å². The van der Waals surface area contributed by atoms with Crippen LogP contribution in [0.1, 0.15) is 17.0 Å². The summed E-state index contributed by atoms with van der Waals surface area (Å²) in [6.45, 7) is 0. The molecule has 0 fully saturated rings. The summed E-state index contributed by atoms with van der Waals surface area (Å²) in [5, 5.41) is 28.0. The second-order valence-corrected chi connectivity index (χ2v) is 12.2. The predicted octanol–water partition coefficient (Wildman–Crippen LogP) is 7.40. The monoisotopic (exact) mass is 599 g/mol. The molecule has 0 spiro atoms. The first-order valence-corrected chi connectivity index (χ1v) is 14.9. The maximum absolute atomic E-state index is 14.6. The number of carbonyl (C=O) groups is 1. The van der Waals surface area contributed by atoms with Gasteiger partial charge in [0.25, 0.3) is 0 Å². The molecule has 224 valence electrons. The van der Waals surface area contributed by atoms with E-state index in [1.54, 1.807) is 0 Å². The largest absolute Gasteiger partial charge is 0.762 e. The number of fused-ring (bicyclic) bond motifs is 4. The van der Waals surface area contributed by atoms with Gasteiger partial charge in [-0.05, 0) is 74.3 Å². The molecule has 6 aromatic carbocycles. The van der Waals surface area contributed by atoms with E-state index in [2.05, 4.69) is 30.1 Å². The SMILES string of the molecule is CN(C)c1cc(N)c(C2=C(C(=C=[N-])C#N)C(c3c(N)cc(N(C)C)c4cc5ccccc5cc34)C2=O)c2cc3ccccc3cc12. The Morgan fingerprint density at radius 2 is 1.17 bits per heavy atom. The molecule has 1 atom stereocenters. The van der Waals surface area contributed by atoms with E-state index in [9.17, 15) is 15.5 Å². The van der Waals surface area contributed by atoms with E-state index in [0.29, 0.717) is 28.1 Å². The Labute approximate surface area is 266 Å². The van der Waals surface area contributed by atoms with Gasteiger partial charge in [-0.3, -0.25) is 10.7 Å². The average Bonchev–Trinajstić information content (AvgIpc) is 3.05. The van der Waals surface area contributed by atoms with E-state index in [4.69, 9.17) is 11.5 Å². The lowest BCUT2D eigenvalue weighted by Gasteiger charge is -2.35. The zero-order valence-electron chi connectivity index (χ0n) is 26.0. The summed E-state index contributed by atoms with van der Waals surface area (Å²) in [5.74, 6) is 0.939. The van der Waals surface area contributed by atoms with Crippen LogP contribution in [0.4, 0.5) is 22.7 Å². The molecular formula is C39H31N6O-.